The minimum absolute atomic E-state index is 0.0233. The monoisotopic (exact) mass is 320 g/mol. The maximum absolute atomic E-state index is 11.7. The summed E-state index contributed by atoms with van der Waals surface area (Å²) in [7, 11) is 1.57. The molecule has 0 heterocycles. The van der Waals surface area contributed by atoms with Crippen LogP contribution in [0.1, 0.15) is 44.9 Å². The van der Waals surface area contributed by atoms with Gasteiger partial charge in [0.1, 0.15) is 11.5 Å². The summed E-state index contributed by atoms with van der Waals surface area (Å²) in [4.78, 5) is 23.4. The van der Waals surface area contributed by atoms with Gasteiger partial charge in [0.05, 0.1) is 26.6 Å². The molecule has 0 N–H and O–H groups in total. The van der Waals surface area contributed by atoms with Crippen LogP contribution in [-0.4, -0.2) is 25.7 Å². The van der Waals surface area contributed by atoms with E-state index in [1.807, 2.05) is 0 Å². The summed E-state index contributed by atoms with van der Waals surface area (Å²) in [5, 5.41) is 0. The van der Waals surface area contributed by atoms with Crippen LogP contribution >= 0.6 is 0 Å². The number of benzene rings is 1. The Morgan fingerprint density at radius 2 is 1.57 bits per heavy atom. The molecule has 5 nitrogen and oxygen atoms in total. The third-order valence-electron chi connectivity index (χ3n) is 4.03. The van der Waals surface area contributed by atoms with Crippen molar-refractivity contribution in [1.82, 2.24) is 0 Å². The van der Waals surface area contributed by atoms with Gasteiger partial charge < -0.3 is 14.2 Å². The molecule has 0 amide bonds. The van der Waals surface area contributed by atoms with Crippen molar-refractivity contribution in [2.24, 2.45) is 5.92 Å². The lowest BCUT2D eigenvalue weighted by atomic mass is 9.90. The molecule has 0 bridgehead atoms. The minimum Gasteiger partial charge on any atom is -0.497 e. The van der Waals surface area contributed by atoms with Crippen LogP contribution < -0.4 is 9.47 Å². The van der Waals surface area contributed by atoms with Gasteiger partial charge in [-0.3, -0.25) is 9.59 Å². The van der Waals surface area contributed by atoms with Crippen molar-refractivity contribution >= 4 is 11.9 Å². The second-order valence-electron chi connectivity index (χ2n) is 5.84. The summed E-state index contributed by atoms with van der Waals surface area (Å²) in [6, 6.07) is 6.72. The van der Waals surface area contributed by atoms with E-state index in [2.05, 4.69) is 0 Å². The summed E-state index contributed by atoms with van der Waals surface area (Å²) in [5.74, 6) is 0.841. The second kappa shape index (κ2) is 9.18. The number of carbonyl (C=O) groups excluding carboxylic acids is 2. The molecule has 0 saturated heterocycles. The standard InChI is InChI=1S/C18H24O5/c1-21-15-7-9-16(10-8-15)23-18(20)12-11-17(19)22-13-14-5-3-2-4-6-14/h7-10,14H,2-6,11-13H2,1H3. The van der Waals surface area contributed by atoms with Crippen LogP contribution in [0.2, 0.25) is 0 Å². The lowest BCUT2D eigenvalue weighted by Crippen LogP contribution is -2.18. The SMILES string of the molecule is COc1ccc(OC(=O)CCC(=O)OCC2CCCCC2)cc1. The first-order valence-electron chi connectivity index (χ1n) is 8.17. The molecule has 126 valence electrons. The second-order valence-corrected chi connectivity index (χ2v) is 5.84. The van der Waals surface area contributed by atoms with Crippen molar-refractivity contribution in [2.45, 2.75) is 44.9 Å². The Labute approximate surface area is 136 Å². The Bertz CT molecular complexity index is 503. The van der Waals surface area contributed by atoms with Crippen LogP contribution in [-0.2, 0) is 14.3 Å². The Balaban J connectivity index is 1.63. The number of hydrogen-bond donors (Lipinski definition) is 0. The van der Waals surface area contributed by atoms with Gasteiger partial charge in [-0.1, -0.05) is 19.3 Å². The van der Waals surface area contributed by atoms with Crippen LogP contribution in [0.5, 0.6) is 11.5 Å². The maximum atomic E-state index is 11.7. The van der Waals surface area contributed by atoms with E-state index < -0.39 is 5.97 Å². The van der Waals surface area contributed by atoms with Crippen LogP contribution in [0.25, 0.3) is 0 Å². The Hall–Kier alpha value is -2.04. The molecule has 0 aromatic heterocycles. The number of methoxy groups -OCH3 is 1. The molecule has 1 saturated carbocycles. The van der Waals surface area contributed by atoms with Crippen molar-refractivity contribution in [1.29, 1.82) is 0 Å². The molecule has 0 atom stereocenters. The van der Waals surface area contributed by atoms with Gasteiger partial charge in [-0.15, -0.1) is 0 Å². The molecule has 0 radical (unpaired) electrons. The molecule has 0 aliphatic heterocycles. The largest absolute Gasteiger partial charge is 0.497 e. The van der Waals surface area contributed by atoms with Gasteiger partial charge in [-0.05, 0) is 43.0 Å². The average Bonchev–Trinajstić information content (AvgIpc) is 2.60. The number of rotatable bonds is 7. The highest BCUT2D eigenvalue weighted by atomic mass is 16.5. The van der Waals surface area contributed by atoms with E-state index in [1.165, 1.54) is 19.3 Å². The fourth-order valence-electron chi connectivity index (χ4n) is 2.67. The fourth-order valence-corrected chi connectivity index (χ4v) is 2.67. The number of hydrogen-bond acceptors (Lipinski definition) is 5. The number of ether oxygens (including phenoxy) is 3. The zero-order valence-corrected chi connectivity index (χ0v) is 13.6. The van der Waals surface area contributed by atoms with Crippen LogP contribution in [0.15, 0.2) is 24.3 Å². The third-order valence-corrected chi connectivity index (χ3v) is 4.03. The molecular formula is C18H24O5. The summed E-state index contributed by atoms with van der Waals surface area (Å²) >= 11 is 0. The van der Waals surface area contributed by atoms with Crippen molar-refractivity contribution in [3.8, 4) is 11.5 Å². The highest BCUT2D eigenvalue weighted by Crippen LogP contribution is 2.23. The van der Waals surface area contributed by atoms with E-state index in [-0.39, 0.29) is 18.8 Å². The van der Waals surface area contributed by atoms with Gasteiger partial charge >= 0.3 is 11.9 Å². The van der Waals surface area contributed by atoms with Gasteiger partial charge in [0.25, 0.3) is 0 Å². The lowest BCUT2D eigenvalue weighted by molar-refractivity contribution is -0.148. The summed E-state index contributed by atoms with van der Waals surface area (Å²) < 4.78 is 15.4. The van der Waals surface area contributed by atoms with Crippen molar-refractivity contribution in [2.75, 3.05) is 13.7 Å². The van der Waals surface area contributed by atoms with Crippen LogP contribution in [0.4, 0.5) is 0 Å². The van der Waals surface area contributed by atoms with Gasteiger partial charge in [0.2, 0.25) is 0 Å². The first kappa shape index (κ1) is 17.3. The summed E-state index contributed by atoms with van der Waals surface area (Å²) in [6.45, 7) is 0.479. The molecule has 0 spiro atoms. The first-order valence-corrected chi connectivity index (χ1v) is 8.17. The maximum Gasteiger partial charge on any atom is 0.311 e. The predicted molar refractivity (Wildman–Crippen MR) is 85.4 cm³/mol. The predicted octanol–water partition coefficient (Wildman–Crippen LogP) is 3.50. The highest BCUT2D eigenvalue weighted by molar-refractivity contribution is 5.79. The highest BCUT2D eigenvalue weighted by Gasteiger charge is 2.16. The Morgan fingerprint density at radius 1 is 0.957 bits per heavy atom. The van der Waals surface area contributed by atoms with E-state index in [0.29, 0.717) is 24.0 Å². The fraction of sp³-hybridized carbons (Fsp3) is 0.556. The van der Waals surface area contributed by atoms with Crippen molar-refractivity contribution in [3.63, 3.8) is 0 Å². The molecule has 1 aliphatic rings. The van der Waals surface area contributed by atoms with Gasteiger partial charge in [0, 0.05) is 0 Å². The normalized spacial score (nSPS) is 15.0. The Morgan fingerprint density at radius 3 is 2.22 bits per heavy atom. The quantitative estimate of drug-likeness (QED) is 0.568. The molecule has 2 rings (SSSR count). The summed E-state index contributed by atoms with van der Waals surface area (Å²) in [5.41, 5.74) is 0. The average molecular weight is 320 g/mol. The van der Waals surface area contributed by atoms with Gasteiger partial charge in [-0.25, -0.2) is 0 Å². The zero-order valence-electron chi connectivity index (χ0n) is 13.6. The van der Waals surface area contributed by atoms with Gasteiger partial charge in [-0.2, -0.15) is 0 Å². The Kier molecular flexibility index (Phi) is 6.91. The topological polar surface area (TPSA) is 61.8 Å². The molecule has 1 fully saturated rings. The molecule has 23 heavy (non-hydrogen) atoms. The lowest BCUT2D eigenvalue weighted by Gasteiger charge is -2.20. The number of esters is 2. The van der Waals surface area contributed by atoms with Crippen molar-refractivity contribution in [3.05, 3.63) is 24.3 Å². The third kappa shape index (κ3) is 6.30. The van der Waals surface area contributed by atoms with Crippen LogP contribution in [0, 0.1) is 5.92 Å². The number of carbonyl (C=O) groups is 2. The minimum atomic E-state index is -0.440. The first-order chi connectivity index (χ1) is 11.2. The van der Waals surface area contributed by atoms with E-state index in [0.717, 1.165) is 12.8 Å². The molecule has 1 aromatic rings. The van der Waals surface area contributed by atoms with Crippen LogP contribution in [0.3, 0.4) is 0 Å². The van der Waals surface area contributed by atoms with E-state index in [1.54, 1.807) is 31.4 Å². The van der Waals surface area contributed by atoms with E-state index >= 15 is 0 Å². The molecule has 0 unspecified atom stereocenters. The molecule has 1 aliphatic carbocycles. The summed E-state index contributed by atoms with van der Waals surface area (Å²) in [6.07, 6.45) is 6.06. The molecule has 1 aromatic carbocycles. The smallest absolute Gasteiger partial charge is 0.311 e. The van der Waals surface area contributed by atoms with E-state index in [4.69, 9.17) is 14.2 Å². The van der Waals surface area contributed by atoms with E-state index in [9.17, 15) is 9.59 Å². The molecule has 5 heteroatoms. The van der Waals surface area contributed by atoms with Crippen molar-refractivity contribution < 1.29 is 23.8 Å². The molecular weight excluding hydrogens is 296 g/mol. The zero-order chi connectivity index (χ0) is 16.5. The van der Waals surface area contributed by atoms with Gasteiger partial charge in [0.15, 0.2) is 0 Å².